The van der Waals surface area contributed by atoms with Gasteiger partial charge in [-0.2, -0.15) is 17.0 Å². The maximum Gasteiger partial charge on any atom is 0.282 e. The van der Waals surface area contributed by atoms with Gasteiger partial charge in [-0.15, -0.1) is 0 Å². The average molecular weight is 292 g/mol. The van der Waals surface area contributed by atoms with Crippen LogP contribution in [-0.4, -0.2) is 67.1 Å². The summed E-state index contributed by atoms with van der Waals surface area (Å²) in [5.41, 5.74) is 0. The fraction of sp³-hybridized carbons (Fsp3) is 1.00. The zero-order valence-corrected chi connectivity index (χ0v) is 12.3. The molecule has 2 saturated heterocycles. The Hall–Kier alpha value is -0.210. The van der Waals surface area contributed by atoms with Crippen LogP contribution in [0.2, 0.25) is 0 Å². The van der Waals surface area contributed by atoms with Crippen LogP contribution in [0.25, 0.3) is 0 Å². The summed E-state index contributed by atoms with van der Waals surface area (Å²) >= 11 is 0. The summed E-state index contributed by atoms with van der Waals surface area (Å²) in [6.45, 7) is 3.54. The lowest BCUT2D eigenvalue weighted by molar-refractivity contribution is -0.0761. The zero-order valence-electron chi connectivity index (χ0n) is 11.5. The van der Waals surface area contributed by atoms with Crippen LogP contribution in [0.1, 0.15) is 32.6 Å². The van der Waals surface area contributed by atoms with E-state index in [1.807, 2.05) is 6.92 Å². The van der Waals surface area contributed by atoms with E-state index < -0.39 is 16.3 Å². The molecule has 0 spiro atoms. The molecular weight excluding hydrogens is 268 g/mol. The van der Waals surface area contributed by atoms with Crippen LogP contribution in [-0.2, 0) is 14.9 Å². The molecule has 2 rings (SSSR count). The topological polar surface area (TPSA) is 70.1 Å². The average Bonchev–Trinajstić information content (AvgIpc) is 2.67. The van der Waals surface area contributed by atoms with Crippen LogP contribution < -0.4 is 0 Å². The molecule has 19 heavy (non-hydrogen) atoms. The molecule has 0 aliphatic carbocycles. The molecule has 112 valence electrons. The van der Waals surface area contributed by atoms with Crippen LogP contribution in [0.15, 0.2) is 0 Å². The first-order valence-electron chi connectivity index (χ1n) is 7.05. The molecule has 2 aliphatic heterocycles. The summed E-state index contributed by atoms with van der Waals surface area (Å²) in [7, 11) is -3.41. The summed E-state index contributed by atoms with van der Waals surface area (Å²) in [6.07, 6.45) is 3.49. The van der Waals surface area contributed by atoms with Crippen LogP contribution >= 0.6 is 0 Å². The van der Waals surface area contributed by atoms with Crippen molar-refractivity contribution in [2.45, 2.75) is 44.8 Å². The van der Waals surface area contributed by atoms with Gasteiger partial charge in [-0.1, -0.05) is 12.8 Å². The van der Waals surface area contributed by atoms with Crippen molar-refractivity contribution in [2.24, 2.45) is 0 Å². The van der Waals surface area contributed by atoms with Crippen LogP contribution in [0.4, 0.5) is 0 Å². The van der Waals surface area contributed by atoms with E-state index in [4.69, 9.17) is 4.74 Å². The van der Waals surface area contributed by atoms with Crippen LogP contribution in [0, 0.1) is 0 Å². The second kappa shape index (κ2) is 6.49. The van der Waals surface area contributed by atoms with E-state index in [9.17, 15) is 13.5 Å². The van der Waals surface area contributed by atoms with Crippen molar-refractivity contribution >= 4 is 10.2 Å². The maximum atomic E-state index is 12.6. The summed E-state index contributed by atoms with van der Waals surface area (Å²) < 4.78 is 33.8. The van der Waals surface area contributed by atoms with Crippen molar-refractivity contribution in [3.8, 4) is 0 Å². The molecule has 0 saturated carbocycles. The van der Waals surface area contributed by atoms with Crippen molar-refractivity contribution in [3.63, 3.8) is 0 Å². The van der Waals surface area contributed by atoms with E-state index in [0.717, 1.165) is 25.7 Å². The Kier molecular flexibility index (Phi) is 5.19. The van der Waals surface area contributed by atoms with E-state index in [-0.39, 0.29) is 19.3 Å². The lowest BCUT2D eigenvalue weighted by Gasteiger charge is -2.37. The first-order chi connectivity index (χ1) is 9.04. The van der Waals surface area contributed by atoms with Gasteiger partial charge in [0.05, 0.1) is 18.8 Å². The molecule has 0 bridgehead atoms. The fourth-order valence-corrected chi connectivity index (χ4v) is 4.53. The molecule has 0 amide bonds. The Morgan fingerprint density at radius 2 is 1.74 bits per heavy atom. The summed E-state index contributed by atoms with van der Waals surface area (Å²) in [5, 5.41) is 9.19. The number of hydrogen-bond donors (Lipinski definition) is 1. The number of ether oxygens (including phenoxy) is 1. The number of aliphatic hydroxyl groups excluding tert-OH is 1. The van der Waals surface area contributed by atoms with E-state index in [1.54, 1.807) is 4.31 Å². The van der Waals surface area contributed by atoms with Gasteiger partial charge in [0.1, 0.15) is 0 Å². The molecular formula is C12H24N2O4S. The van der Waals surface area contributed by atoms with Crippen molar-refractivity contribution < 1.29 is 18.3 Å². The molecule has 7 heteroatoms. The third-order valence-corrected chi connectivity index (χ3v) is 5.68. The Balaban J connectivity index is 2.08. The van der Waals surface area contributed by atoms with Crippen molar-refractivity contribution in [1.82, 2.24) is 8.61 Å². The normalized spacial score (nSPS) is 32.1. The molecule has 2 heterocycles. The Morgan fingerprint density at radius 3 is 2.32 bits per heavy atom. The van der Waals surface area contributed by atoms with Crippen molar-refractivity contribution in [2.75, 3.05) is 32.8 Å². The minimum absolute atomic E-state index is 0.143. The van der Waals surface area contributed by atoms with Crippen LogP contribution in [0.3, 0.4) is 0 Å². The number of morpholine rings is 1. The van der Waals surface area contributed by atoms with Gasteiger partial charge in [0.2, 0.25) is 0 Å². The number of nitrogens with zero attached hydrogens (tertiary/aromatic N) is 2. The van der Waals surface area contributed by atoms with Gasteiger partial charge in [0.15, 0.2) is 0 Å². The standard InChI is InChI=1S/C12H24N2O4S/c1-11-8-14(9-12(10-15)18-11)19(16,17)13-6-4-2-3-5-7-13/h11-12,15H,2-10H2,1H3. The van der Waals surface area contributed by atoms with E-state index in [1.165, 1.54) is 4.31 Å². The second-order valence-electron chi connectivity index (χ2n) is 5.39. The van der Waals surface area contributed by atoms with Gasteiger partial charge < -0.3 is 9.84 Å². The molecule has 0 radical (unpaired) electrons. The third-order valence-electron chi connectivity index (χ3n) is 3.71. The van der Waals surface area contributed by atoms with Gasteiger partial charge in [-0.05, 0) is 19.8 Å². The number of aliphatic hydroxyl groups is 1. The summed E-state index contributed by atoms with van der Waals surface area (Å²) in [4.78, 5) is 0. The maximum absolute atomic E-state index is 12.6. The lowest BCUT2D eigenvalue weighted by Crippen LogP contribution is -2.54. The minimum Gasteiger partial charge on any atom is -0.394 e. The van der Waals surface area contributed by atoms with E-state index >= 15 is 0 Å². The molecule has 0 aromatic rings. The molecule has 2 aliphatic rings. The molecule has 0 aromatic heterocycles. The zero-order chi connectivity index (χ0) is 13.9. The smallest absolute Gasteiger partial charge is 0.282 e. The number of hydrogen-bond acceptors (Lipinski definition) is 4. The predicted molar refractivity (Wildman–Crippen MR) is 72.0 cm³/mol. The summed E-state index contributed by atoms with van der Waals surface area (Å²) in [6, 6.07) is 0. The lowest BCUT2D eigenvalue weighted by atomic mass is 10.2. The molecule has 0 aromatic carbocycles. The summed E-state index contributed by atoms with van der Waals surface area (Å²) in [5.74, 6) is 0. The van der Waals surface area contributed by atoms with Gasteiger partial charge in [0.25, 0.3) is 10.2 Å². The van der Waals surface area contributed by atoms with Crippen molar-refractivity contribution in [3.05, 3.63) is 0 Å². The second-order valence-corrected chi connectivity index (χ2v) is 7.32. The fourth-order valence-electron chi connectivity index (χ4n) is 2.73. The SMILES string of the molecule is CC1CN(S(=O)(=O)N2CCCCCC2)CC(CO)O1. The number of rotatable bonds is 3. The van der Waals surface area contributed by atoms with Gasteiger partial charge >= 0.3 is 0 Å². The largest absolute Gasteiger partial charge is 0.394 e. The first-order valence-corrected chi connectivity index (χ1v) is 8.45. The van der Waals surface area contributed by atoms with E-state index in [0.29, 0.717) is 19.6 Å². The highest BCUT2D eigenvalue weighted by Crippen LogP contribution is 2.20. The molecule has 2 unspecified atom stereocenters. The van der Waals surface area contributed by atoms with Crippen molar-refractivity contribution in [1.29, 1.82) is 0 Å². The van der Waals surface area contributed by atoms with E-state index in [2.05, 4.69) is 0 Å². The first kappa shape index (κ1) is 15.2. The molecule has 1 N–H and O–H groups in total. The predicted octanol–water partition coefficient (Wildman–Crippen LogP) is 0.189. The Bertz CT molecular complexity index is 379. The Labute approximate surface area is 115 Å². The quantitative estimate of drug-likeness (QED) is 0.806. The highest BCUT2D eigenvalue weighted by atomic mass is 32.2. The van der Waals surface area contributed by atoms with Gasteiger partial charge in [-0.3, -0.25) is 0 Å². The Morgan fingerprint density at radius 1 is 1.11 bits per heavy atom. The third kappa shape index (κ3) is 3.66. The molecule has 2 atom stereocenters. The molecule has 2 fully saturated rings. The molecule has 6 nitrogen and oxygen atoms in total. The van der Waals surface area contributed by atoms with Crippen LogP contribution in [0.5, 0.6) is 0 Å². The van der Waals surface area contributed by atoms with Gasteiger partial charge in [-0.25, -0.2) is 0 Å². The van der Waals surface area contributed by atoms with Gasteiger partial charge in [0, 0.05) is 26.2 Å². The monoisotopic (exact) mass is 292 g/mol. The minimum atomic E-state index is -3.41. The highest BCUT2D eigenvalue weighted by molar-refractivity contribution is 7.86. The highest BCUT2D eigenvalue weighted by Gasteiger charge is 2.36.